The van der Waals surface area contributed by atoms with Crippen LogP contribution in [0.3, 0.4) is 0 Å². The molecule has 0 spiro atoms. The van der Waals surface area contributed by atoms with Crippen molar-refractivity contribution in [3.8, 4) is 11.5 Å². The topological polar surface area (TPSA) is 44.5 Å². The third kappa shape index (κ3) is 2.91. The van der Waals surface area contributed by atoms with Crippen LogP contribution in [0.5, 0.6) is 11.5 Å². The van der Waals surface area contributed by atoms with Crippen LogP contribution in [0.15, 0.2) is 18.2 Å². The summed E-state index contributed by atoms with van der Waals surface area (Å²) in [6, 6.07) is 5.93. The standard InChI is InChI=1S/C14H21NO2/c1-2-16-13-9-5-6-11(10-15)14(13)17-12-7-3-4-8-12/h5-6,9,12H,2-4,7-8,10,15H2,1H3. The van der Waals surface area contributed by atoms with Crippen molar-refractivity contribution in [1.82, 2.24) is 0 Å². The van der Waals surface area contributed by atoms with Crippen LogP contribution in [0.4, 0.5) is 0 Å². The number of ether oxygens (including phenoxy) is 2. The van der Waals surface area contributed by atoms with Crippen molar-refractivity contribution < 1.29 is 9.47 Å². The molecule has 0 atom stereocenters. The first-order valence-corrected chi connectivity index (χ1v) is 6.46. The fraction of sp³-hybridized carbons (Fsp3) is 0.571. The molecule has 3 nitrogen and oxygen atoms in total. The molecular formula is C14H21NO2. The molecule has 2 N–H and O–H groups in total. The summed E-state index contributed by atoms with van der Waals surface area (Å²) in [5.41, 5.74) is 6.78. The molecule has 0 aliphatic heterocycles. The van der Waals surface area contributed by atoms with E-state index in [1.54, 1.807) is 0 Å². The maximum absolute atomic E-state index is 6.08. The summed E-state index contributed by atoms with van der Waals surface area (Å²) in [4.78, 5) is 0. The van der Waals surface area contributed by atoms with Crippen molar-refractivity contribution in [3.05, 3.63) is 23.8 Å². The number of para-hydroxylation sites is 1. The first-order chi connectivity index (χ1) is 8.35. The van der Waals surface area contributed by atoms with Crippen molar-refractivity contribution in [1.29, 1.82) is 0 Å². The highest BCUT2D eigenvalue weighted by atomic mass is 16.5. The van der Waals surface area contributed by atoms with E-state index in [1.165, 1.54) is 12.8 Å². The smallest absolute Gasteiger partial charge is 0.166 e. The number of benzene rings is 1. The number of rotatable bonds is 5. The monoisotopic (exact) mass is 235 g/mol. The van der Waals surface area contributed by atoms with Gasteiger partial charge < -0.3 is 15.2 Å². The van der Waals surface area contributed by atoms with Crippen molar-refractivity contribution in [2.24, 2.45) is 5.73 Å². The number of hydrogen-bond acceptors (Lipinski definition) is 3. The van der Waals surface area contributed by atoms with Gasteiger partial charge in [-0.1, -0.05) is 12.1 Å². The Balaban J connectivity index is 2.20. The molecule has 0 heterocycles. The van der Waals surface area contributed by atoms with Crippen LogP contribution in [0.25, 0.3) is 0 Å². The lowest BCUT2D eigenvalue weighted by molar-refractivity contribution is 0.194. The van der Waals surface area contributed by atoms with Crippen molar-refractivity contribution in [2.75, 3.05) is 6.61 Å². The van der Waals surface area contributed by atoms with Crippen LogP contribution in [0.2, 0.25) is 0 Å². The Bertz CT molecular complexity index is 359. The molecule has 94 valence electrons. The Morgan fingerprint density at radius 3 is 2.71 bits per heavy atom. The Morgan fingerprint density at radius 1 is 1.29 bits per heavy atom. The third-order valence-corrected chi connectivity index (χ3v) is 3.17. The average Bonchev–Trinajstić information content (AvgIpc) is 2.84. The van der Waals surface area contributed by atoms with E-state index in [4.69, 9.17) is 15.2 Å². The van der Waals surface area contributed by atoms with E-state index in [9.17, 15) is 0 Å². The summed E-state index contributed by atoms with van der Waals surface area (Å²) >= 11 is 0. The minimum Gasteiger partial charge on any atom is -0.490 e. The fourth-order valence-electron chi connectivity index (χ4n) is 2.30. The van der Waals surface area contributed by atoms with Crippen molar-refractivity contribution in [3.63, 3.8) is 0 Å². The van der Waals surface area contributed by atoms with Gasteiger partial charge in [0, 0.05) is 12.1 Å². The molecule has 0 bridgehead atoms. The van der Waals surface area contributed by atoms with Crippen LogP contribution >= 0.6 is 0 Å². The molecule has 1 aliphatic rings. The second-order valence-corrected chi connectivity index (χ2v) is 4.41. The number of nitrogens with two attached hydrogens (primary N) is 1. The molecule has 2 rings (SSSR count). The third-order valence-electron chi connectivity index (χ3n) is 3.17. The molecule has 0 saturated heterocycles. The predicted molar refractivity (Wildman–Crippen MR) is 68.4 cm³/mol. The van der Waals surface area contributed by atoms with Crippen molar-refractivity contribution >= 4 is 0 Å². The van der Waals surface area contributed by atoms with Crippen molar-refractivity contribution in [2.45, 2.75) is 45.3 Å². The van der Waals surface area contributed by atoms with Gasteiger partial charge in [-0.15, -0.1) is 0 Å². The van der Waals surface area contributed by atoms with E-state index in [-0.39, 0.29) is 0 Å². The first kappa shape index (κ1) is 12.2. The summed E-state index contributed by atoms with van der Waals surface area (Å²) in [5.74, 6) is 1.67. The molecule has 1 aromatic rings. The van der Waals surface area contributed by atoms with Gasteiger partial charge in [-0.25, -0.2) is 0 Å². The summed E-state index contributed by atoms with van der Waals surface area (Å²) < 4.78 is 11.7. The molecule has 1 saturated carbocycles. The maximum atomic E-state index is 6.08. The molecule has 0 radical (unpaired) electrons. The van der Waals surface area contributed by atoms with Crippen LogP contribution in [-0.2, 0) is 6.54 Å². The van der Waals surface area contributed by atoms with Gasteiger partial charge in [0.15, 0.2) is 11.5 Å². The van der Waals surface area contributed by atoms with E-state index in [1.807, 2.05) is 25.1 Å². The van der Waals surface area contributed by atoms with Gasteiger partial charge in [0.2, 0.25) is 0 Å². The molecule has 17 heavy (non-hydrogen) atoms. The largest absolute Gasteiger partial charge is 0.490 e. The quantitative estimate of drug-likeness (QED) is 0.853. The molecule has 1 aromatic carbocycles. The van der Waals surface area contributed by atoms with E-state index in [2.05, 4.69) is 0 Å². The summed E-state index contributed by atoms with van der Waals surface area (Å²) in [7, 11) is 0. The SMILES string of the molecule is CCOc1cccc(CN)c1OC1CCCC1. The Kier molecular flexibility index (Phi) is 4.26. The van der Waals surface area contributed by atoms with Gasteiger partial charge in [-0.05, 0) is 38.7 Å². The molecule has 0 amide bonds. The second kappa shape index (κ2) is 5.92. The van der Waals surface area contributed by atoms with Crippen LogP contribution < -0.4 is 15.2 Å². The van der Waals surface area contributed by atoms with Gasteiger partial charge in [0.05, 0.1) is 12.7 Å². The fourth-order valence-corrected chi connectivity index (χ4v) is 2.30. The van der Waals surface area contributed by atoms with Gasteiger partial charge in [0.1, 0.15) is 0 Å². The molecule has 0 aromatic heterocycles. The highest BCUT2D eigenvalue weighted by Crippen LogP contribution is 2.34. The summed E-state index contributed by atoms with van der Waals surface area (Å²) in [6.45, 7) is 3.12. The second-order valence-electron chi connectivity index (χ2n) is 4.41. The van der Waals surface area contributed by atoms with Crippen LogP contribution in [0.1, 0.15) is 38.2 Å². The Labute approximate surface area is 103 Å². The average molecular weight is 235 g/mol. The minimum absolute atomic E-state index is 0.335. The molecule has 1 aliphatic carbocycles. The van der Waals surface area contributed by atoms with Crippen LogP contribution in [-0.4, -0.2) is 12.7 Å². The van der Waals surface area contributed by atoms with Gasteiger partial charge >= 0.3 is 0 Å². The van der Waals surface area contributed by atoms with E-state index in [0.717, 1.165) is 29.9 Å². The Hall–Kier alpha value is -1.22. The zero-order valence-electron chi connectivity index (χ0n) is 10.4. The summed E-state index contributed by atoms with van der Waals surface area (Å²) in [5, 5.41) is 0. The zero-order valence-corrected chi connectivity index (χ0v) is 10.4. The molecule has 3 heteroatoms. The van der Waals surface area contributed by atoms with E-state index in [0.29, 0.717) is 19.3 Å². The van der Waals surface area contributed by atoms with Gasteiger partial charge in [-0.3, -0.25) is 0 Å². The predicted octanol–water partition coefficient (Wildman–Crippen LogP) is 2.87. The van der Waals surface area contributed by atoms with E-state index >= 15 is 0 Å². The summed E-state index contributed by atoms with van der Waals surface area (Å²) in [6.07, 6.45) is 5.15. The lowest BCUT2D eigenvalue weighted by Gasteiger charge is -2.19. The molecule has 0 unspecified atom stereocenters. The lowest BCUT2D eigenvalue weighted by atomic mass is 10.2. The normalized spacial score (nSPS) is 16.1. The zero-order chi connectivity index (χ0) is 12.1. The Morgan fingerprint density at radius 2 is 2.06 bits per heavy atom. The van der Waals surface area contributed by atoms with Gasteiger partial charge in [0.25, 0.3) is 0 Å². The number of hydrogen-bond donors (Lipinski definition) is 1. The lowest BCUT2D eigenvalue weighted by Crippen LogP contribution is -2.14. The molecular weight excluding hydrogens is 214 g/mol. The highest BCUT2D eigenvalue weighted by molar-refractivity contribution is 5.46. The maximum Gasteiger partial charge on any atom is 0.166 e. The van der Waals surface area contributed by atoms with E-state index < -0.39 is 0 Å². The highest BCUT2D eigenvalue weighted by Gasteiger charge is 2.20. The first-order valence-electron chi connectivity index (χ1n) is 6.46. The van der Waals surface area contributed by atoms with Crippen LogP contribution in [0, 0.1) is 0 Å². The molecule has 1 fully saturated rings. The minimum atomic E-state index is 0.335. The van der Waals surface area contributed by atoms with Gasteiger partial charge in [-0.2, -0.15) is 0 Å².